The van der Waals surface area contributed by atoms with E-state index in [1.807, 2.05) is 47.0 Å². The molecule has 0 unspecified atom stereocenters. The average molecular weight is 431 g/mol. The van der Waals surface area contributed by atoms with E-state index >= 15 is 0 Å². The Kier molecular flexibility index (Phi) is 6.29. The van der Waals surface area contributed by atoms with Gasteiger partial charge < -0.3 is 0 Å². The number of carbonyl (C=O) groups is 2. The summed E-state index contributed by atoms with van der Waals surface area (Å²) in [7, 11) is 0. The number of pyridine rings is 2. The fourth-order valence-corrected chi connectivity index (χ4v) is 3.46. The van der Waals surface area contributed by atoms with Crippen LogP contribution in [0.4, 0.5) is 0 Å². The third-order valence-electron chi connectivity index (χ3n) is 4.11. The molecule has 0 aliphatic rings. The molecule has 2 amide bonds. The number of rotatable bonds is 6. The summed E-state index contributed by atoms with van der Waals surface area (Å²) in [5.41, 5.74) is 6.60. The first-order valence-electron chi connectivity index (χ1n) is 9.26. The van der Waals surface area contributed by atoms with Gasteiger partial charge in [-0.05, 0) is 36.4 Å². The highest BCUT2D eigenvalue weighted by atomic mass is 32.2. The highest BCUT2D eigenvalue weighted by molar-refractivity contribution is 7.99. The van der Waals surface area contributed by atoms with Crippen LogP contribution in [0.3, 0.4) is 0 Å². The third kappa shape index (κ3) is 4.93. The first-order valence-corrected chi connectivity index (χ1v) is 10.2. The topological polar surface area (TPSA) is 115 Å². The number of thioether (sulfide) groups is 1. The zero-order valence-corrected chi connectivity index (χ0v) is 17.0. The molecular weight excluding hydrogens is 414 g/mol. The zero-order valence-electron chi connectivity index (χ0n) is 16.2. The lowest BCUT2D eigenvalue weighted by molar-refractivity contribution is -0.119. The van der Waals surface area contributed by atoms with Gasteiger partial charge in [0.05, 0.1) is 5.75 Å². The second-order valence-corrected chi connectivity index (χ2v) is 7.17. The van der Waals surface area contributed by atoms with E-state index in [1.54, 1.807) is 30.6 Å². The number of benzene rings is 1. The smallest absolute Gasteiger partial charge is 0.272 e. The van der Waals surface area contributed by atoms with Crippen LogP contribution >= 0.6 is 11.8 Å². The van der Waals surface area contributed by atoms with Crippen LogP contribution in [-0.4, -0.2) is 42.3 Å². The molecule has 0 bridgehead atoms. The predicted molar refractivity (Wildman–Crippen MR) is 115 cm³/mol. The standard InChI is InChI=1S/C21H17N7O2S/c29-18(24-26-20(30)17-10-4-5-12-23-17)14-31-21-27-25-19(15-7-6-11-22-13-15)28(21)16-8-2-1-3-9-16/h1-13H,14H2,(H,24,29)(H,26,30). The van der Waals surface area contributed by atoms with Crippen LogP contribution in [0.2, 0.25) is 0 Å². The number of nitrogens with one attached hydrogen (secondary N) is 2. The number of hydrogen-bond acceptors (Lipinski definition) is 7. The fraction of sp³-hybridized carbons (Fsp3) is 0.0476. The summed E-state index contributed by atoms with van der Waals surface area (Å²) in [6.45, 7) is 0. The Morgan fingerprint density at radius 1 is 0.903 bits per heavy atom. The molecule has 0 fully saturated rings. The van der Waals surface area contributed by atoms with E-state index in [9.17, 15) is 9.59 Å². The van der Waals surface area contributed by atoms with Crippen molar-refractivity contribution in [2.24, 2.45) is 0 Å². The molecule has 0 atom stereocenters. The Labute approximate surface area is 181 Å². The van der Waals surface area contributed by atoms with Gasteiger partial charge in [0, 0.05) is 29.8 Å². The van der Waals surface area contributed by atoms with Crippen molar-refractivity contribution in [1.29, 1.82) is 0 Å². The minimum Gasteiger partial charge on any atom is -0.272 e. The number of aromatic nitrogens is 5. The van der Waals surface area contributed by atoms with E-state index in [1.165, 1.54) is 18.0 Å². The quantitative estimate of drug-likeness (QED) is 0.355. The van der Waals surface area contributed by atoms with Gasteiger partial charge in [0.2, 0.25) is 5.91 Å². The molecule has 0 saturated carbocycles. The number of hydrogen-bond donors (Lipinski definition) is 2. The van der Waals surface area contributed by atoms with Crippen molar-refractivity contribution in [3.8, 4) is 17.1 Å². The maximum Gasteiger partial charge on any atom is 0.288 e. The fourth-order valence-electron chi connectivity index (χ4n) is 2.71. The molecule has 3 aromatic heterocycles. The lowest BCUT2D eigenvalue weighted by atomic mass is 10.2. The van der Waals surface area contributed by atoms with Gasteiger partial charge >= 0.3 is 0 Å². The lowest BCUT2D eigenvalue weighted by Crippen LogP contribution is -2.42. The van der Waals surface area contributed by atoms with E-state index in [4.69, 9.17) is 0 Å². The Bertz CT molecular complexity index is 1170. The molecule has 4 rings (SSSR count). The summed E-state index contributed by atoms with van der Waals surface area (Å²) in [5.74, 6) is -0.240. The minimum atomic E-state index is -0.495. The number of amides is 2. The monoisotopic (exact) mass is 431 g/mol. The van der Waals surface area contributed by atoms with Crippen LogP contribution in [0.1, 0.15) is 10.5 Å². The van der Waals surface area contributed by atoms with E-state index in [2.05, 4.69) is 31.0 Å². The summed E-state index contributed by atoms with van der Waals surface area (Å²) in [4.78, 5) is 32.3. The van der Waals surface area contributed by atoms with E-state index in [0.717, 1.165) is 11.3 Å². The highest BCUT2D eigenvalue weighted by Crippen LogP contribution is 2.27. The second kappa shape index (κ2) is 9.63. The van der Waals surface area contributed by atoms with E-state index in [0.29, 0.717) is 11.0 Å². The lowest BCUT2D eigenvalue weighted by Gasteiger charge is -2.10. The van der Waals surface area contributed by atoms with Crippen LogP contribution < -0.4 is 10.9 Å². The van der Waals surface area contributed by atoms with Crippen molar-refractivity contribution in [2.75, 3.05) is 5.75 Å². The van der Waals surface area contributed by atoms with E-state index in [-0.39, 0.29) is 17.4 Å². The number of nitrogens with zero attached hydrogens (tertiary/aromatic N) is 5. The molecule has 2 N–H and O–H groups in total. The molecule has 154 valence electrons. The average Bonchev–Trinajstić information content (AvgIpc) is 3.27. The van der Waals surface area contributed by atoms with Gasteiger partial charge in [0.25, 0.3) is 5.91 Å². The molecule has 0 spiro atoms. The van der Waals surface area contributed by atoms with Crippen molar-refractivity contribution in [3.05, 3.63) is 84.9 Å². The Balaban J connectivity index is 1.47. The van der Waals surface area contributed by atoms with Crippen molar-refractivity contribution < 1.29 is 9.59 Å². The maximum absolute atomic E-state index is 12.2. The zero-order chi connectivity index (χ0) is 21.5. The molecule has 31 heavy (non-hydrogen) atoms. The largest absolute Gasteiger partial charge is 0.288 e. The highest BCUT2D eigenvalue weighted by Gasteiger charge is 2.17. The molecular formula is C21H17N7O2S. The van der Waals surface area contributed by atoms with Gasteiger partial charge in [-0.3, -0.25) is 35.0 Å². The first kappa shape index (κ1) is 20.2. The van der Waals surface area contributed by atoms with Gasteiger partial charge in [-0.1, -0.05) is 36.0 Å². The van der Waals surface area contributed by atoms with Crippen LogP contribution in [-0.2, 0) is 4.79 Å². The normalized spacial score (nSPS) is 10.5. The SMILES string of the molecule is O=C(CSc1nnc(-c2cccnc2)n1-c1ccccc1)NNC(=O)c1ccccn1. The number of para-hydroxylation sites is 1. The first-order chi connectivity index (χ1) is 15.2. The molecule has 0 radical (unpaired) electrons. The van der Waals surface area contributed by atoms with Crippen molar-refractivity contribution >= 4 is 23.6 Å². The van der Waals surface area contributed by atoms with E-state index < -0.39 is 5.91 Å². The Morgan fingerprint density at radius 3 is 2.48 bits per heavy atom. The van der Waals surface area contributed by atoms with Gasteiger partial charge in [-0.25, -0.2) is 0 Å². The molecule has 9 nitrogen and oxygen atoms in total. The van der Waals surface area contributed by atoms with Gasteiger partial charge in [0.15, 0.2) is 11.0 Å². The van der Waals surface area contributed by atoms with Crippen LogP contribution in [0.25, 0.3) is 17.1 Å². The Hall–Kier alpha value is -4.05. The van der Waals surface area contributed by atoms with Gasteiger partial charge in [-0.2, -0.15) is 0 Å². The minimum absolute atomic E-state index is 0.0283. The molecule has 0 saturated heterocycles. The molecule has 0 aliphatic carbocycles. The summed E-state index contributed by atoms with van der Waals surface area (Å²) >= 11 is 1.20. The van der Waals surface area contributed by atoms with Crippen LogP contribution in [0.15, 0.2) is 84.4 Å². The summed E-state index contributed by atoms with van der Waals surface area (Å²) in [6, 6.07) is 18.3. The van der Waals surface area contributed by atoms with Crippen molar-refractivity contribution in [3.63, 3.8) is 0 Å². The van der Waals surface area contributed by atoms with Crippen molar-refractivity contribution in [2.45, 2.75) is 5.16 Å². The summed E-state index contributed by atoms with van der Waals surface area (Å²) in [5, 5.41) is 9.09. The third-order valence-corrected chi connectivity index (χ3v) is 5.04. The maximum atomic E-state index is 12.2. The second-order valence-electron chi connectivity index (χ2n) is 6.22. The molecule has 3 heterocycles. The van der Waals surface area contributed by atoms with Crippen LogP contribution in [0.5, 0.6) is 0 Å². The van der Waals surface area contributed by atoms with Gasteiger partial charge in [0.1, 0.15) is 5.69 Å². The van der Waals surface area contributed by atoms with Crippen molar-refractivity contribution in [1.82, 2.24) is 35.6 Å². The number of carbonyl (C=O) groups excluding carboxylic acids is 2. The van der Waals surface area contributed by atoms with Gasteiger partial charge in [-0.15, -0.1) is 10.2 Å². The predicted octanol–water partition coefficient (Wildman–Crippen LogP) is 2.28. The Morgan fingerprint density at radius 2 is 1.74 bits per heavy atom. The van der Waals surface area contributed by atoms with Crippen LogP contribution in [0, 0.1) is 0 Å². The summed E-state index contributed by atoms with van der Waals surface area (Å²) < 4.78 is 1.86. The molecule has 0 aliphatic heterocycles. The molecule has 10 heteroatoms. The summed E-state index contributed by atoms with van der Waals surface area (Å²) in [6.07, 6.45) is 4.90. The molecule has 4 aromatic rings. The molecule has 1 aromatic carbocycles. The number of hydrazine groups is 1.